The Morgan fingerprint density at radius 1 is 0.366 bits per heavy atom. The van der Waals surface area contributed by atoms with Crippen LogP contribution in [0.4, 0.5) is 0 Å². The number of aliphatic hydroxyl groups is 23. The van der Waals surface area contributed by atoms with Crippen LogP contribution in [-0.2, 0) is 75.9 Å². The average molecular weight is 1370 g/mol. The first kappa shape index (κ1) is 77.8. The van der Waals surface area contributed by atoms with E-state index in [4.69, 9.17) is 66.3 Å². The zero-order chi connectivity index (χ0) is 68.9. The minimum absolute atomic E-state index is 0.929. The van der Waals surface area contributed by atoms with E-state index >= 15 is 0 Å². The second-order valence-electron chi connectivity index (χ2n) is 23.6. The molecule has 0 aromatic carbocycles. The van der Waals surface area contributed by atoms with Gasteiger partial charge in [0.2, 0.25) is 11.8 Å². The molecule has 0 aromatic heterocycles. The van der Waals surface area contributed by atoms with Gasteiger partial charge in [-0.05, 0) is 13.8 Å². The second-order valence-corrected chi connectivity index (χ2v) is 23.6. The Morgan fingerprint density at radius 2 is 0.710 bits per heavy atom. The van der Waals surface area contributed by atoms with Gasteiger partial charge in [-0.2, -0.15) is 0 Å². The maximum atomic E-state index is 13.3. The van der Waals surface area contributed by atoms with Crippen LogP contribution >= 0.6 is 0 Å². The molecular formula is C52H90N2O39. The number of ether oxygens (including phenoxy) is 14. The van der Waals surface area contributed by atoms with E-state index in [1.54, 1.807) is 0 Å². The van der Waals surface area contributed by atoms with E-state index in [2.05, 4.69) is 10.6 Å². The number of hydrogen-bond donors (Lipinski definition) is 25. The number of rotatable bonds is 26. The monoisotopic (exact) mass is 1370 g/mol. The minimum atomic E-state index is -2.50. The lowest BCUT2D eigenvalue weighted by Gasteiger charge is -2.52. The summed E-state index contributed by atoms with van der Waals surface area (Å²) in [5, 5.41) is 254. The lowest BCUT2D eigenvalue weighted by atomic mass is 9.93. The van der Waals surface area contributed by atoms with Crippen LogP contribution in [0.15, 0.2) is 0 Å². The highest BCUT2D eigenvalue weighted by atomic mass is 16.8. The zero-order valence-electron chi connectivity index (χ0n) is 50.3. The summed E-state index contributed by atoms with van der Waals surface area (Å²) in [6, 6.07) is -3.87. The molecule has 7 fully saturated rings. The van der Waals surface area contributed by atoms with E-state index in [0.29, 0.717) is 0 Å². The SMILES string of the molecule is CC(=O)N[C@H]1[C@H](O[C@H]2[C@@H](O)[C@@H](CO[C@@H]3O[C@H](CO)[C@@H](O[C@@H]4O[C@H](CO)[C@H](O)[C@H](O)[C@H]4O)[C@H](O[C@@H]4O[C@@H](C)[C@@H](O)[C@@H](O)[C@@H]4O)[C@H]3NC(C)=O)O[C@@H](O[C@@H]([C@H](O)[C@@H](O)CO)[C@H](O)CO)[C@@H]2O)O[C@H](CO)[C@@H](O[C@@H]2O[C@@H](C)[C@@H](O)[C@@H](O)[C@@H]2O)[C@@H]1O[C@@H]1O[C@H](CO)[C@H](O)[C@H](O)[C@H]1O. The summed E-state index contributed by atoms with van der Waals surface area (Å²) in [6.45, 7) is -3.42. The van der Waals surface area contributed by atoms with Gasteiger partial charge in [-0.25, -0.2) is 0 Å². The van der Waals surface area contributed by atoms with Crippen molar-refractivity contribution in [2.45, 2.75) is 267 Å². The number of carbonyl (C=O) groups is 2. The van der Waals surface area contributed by atoms with Gasteiger partial charge >= 0.3 is 0 Å². The maximum Gasteiger partial charge on any atom is 0.217 e. The number of amides is 2. The highest BCUT2D eigenvalue weighted by Gasteiger charge is 2.60. The van der Waals surface area contributed by atoms with E-state index < -0.39 is 297 Å². The van der Waals surface area contributed by atoms with Crippen molar-refractivity contribution in [3.05, 3.63) is 0 Å². The third-order valence-corrected chi connectivity index (χ3v) is 17.0. The second kappa shape index (κ2) is 34.0. The van der Waals surface area contributed by atoms with Crippen LogP contribution in [0.1, 0.15) is 27.7 Å². The third kappa shape index (κ3) is 17.4. The van der Waals surface area contributed by atoms with Crippen LogP contribution in [0.2, 0.25) is 0 Å². The first-order valence-corrected chi connectivity index (χ1v) is 29.8. The van der Waals surface area contributed by atoms with Crippen LogP contribution < -0.4 is 10.6 Å². The van der Waals surface area contributed by atoms with Crippen molar-refractivity contribution in [3.63, 3.8) is 0 Å². The topological polar surface area (TPSA) is 653 Å². The highest BCUT2D eigenvalue weighted by molar-refractivity contribution is 5.73. The van der Waals surface area contributed by atoms with Crippen molar-refractivity contribution in [1.29, 1.82) is 0 Å². The van der Waals surface area contributed by atoms with Crippen LogP contribution in [0.25, 0.3) is 0 Å². The zero-order valence-corrected chi connectivity index (χ0v) is 50.3. The number of nitrogens with one attached hydrogen (secondary N) is 2. The lowest BCUT2D eigenvalue weighted by Crippen LogP contribution is -2.71. The smallest absolute Gasteiger partial charge is 0.217 e. The number of hydrogen-bond acceptors (Lipinski definition) is 39. The molecule has 0 aromatic rings. The molecule has 7 saturated heterocycles. The molecule has 0 unspecified atom stereocenters. The molecule has 7 aliphatic rings. The molecule has 25 N–H and O–H groups in total. The summed E-state index contributed by atoms with van der Waals surface area (Å²) in [5.74, 6) is -1.92. The van der Waals surface area contributed by atoms with Crippen molar-refractivity contribution in [3.8, 4) is 0 Å². The summed E-state index contributed by atoms with van der Waals surface area (Å²) in [6.07, 6.45) is -74.6. The molecule has 0 radical (unpaired) electrons. The van der Waals surface area contributed by atoms with Gasteiger partial charge in [-0.1, -0.05) is 0 Å². The molecule has 542 valence electrons. The Hall–Kier alpha value is -2.54. The summed E-state index contributed by atoms with van der Waals surface area (Å²) in [7, 11) is 0. The molecule has 41 heteroatoms. The molecule has 41 nitrogen and oxygen atoms in total. The van der Waals surface area contributed by atoms with Crippen molar-refractivity contribution in [2.24, 2.45) is 0 Å². The molecule has 0 saturated carbocycles. The van der Waals surface area contributed by atoms with Gasteiger partial charge in [0.05, 0.1) is 58.5 Å². The molecular weight excluding hydrogens is 1280 g/mol. The molecule has 0 aliphatic carbocycles. The first-order valence-electron chi connectivity index (χ1n) is 29.8. The van der Waals surface area contributed by atoms with Crippen LogP contribution in [0.5, 0.6) is 0 Å². The molecule has 0 bridgehead atoms. The fraction of sp³-hybridized carbons (Fsp3) is 0.962. The molecule has 7 aliphatic heterocycles. The molecule has 93 heavy (non-hydrogen) atoms. The van der Waals surface area contributed by atoms with Gasteiger partial charge in [0.1, 0.15) is 183 Å². The Morgan fingerprint density at radius 3 is 1.11 bits per heavy atom. The van der Waals surface area contributed by atoms with Crippen LogP contribution in [0.3, 0.4) is 0 Å². The summed E-state index contributed by atoms with van der Waals surface area (Å²) >= 11 is 0. The quantitative estimate of drug-likeness (QED) is 0.0382. The summed E-state index contributed by atoms with van der Waals surface area (Å²) in [4.78, 5) is 26.5. The van der Waals surface area contributed by atoms with Crippen molar-refractivity contribution in [1.82, 2.24) is 10.6 Å². The van der Waals surface area contributed by atoms with E-state index in [1.165, 1.54) is 13.8 Å². The predicted octanol–water partition coefficient (Wildman–Crippen LogP) is -16.5. The standard InChI is InChI=1S/C52H90N2O39/c1-12-25(65)31(71)35(75)48(81-12)89-42-21(10-60)86-47(24(54-15(4)62)44(42)92-51-38(78)34(74)29(69)19(8-58)84-51)93-45-30(70)22(87-52(39(45)79)88-40(17(64)6-56)27(67)16(63)5-55)11-80-46-23(53-14(3)61)43(91-49-36(76)32(72)26(66)13(2)82-49)41(20(9-59)85-46)90-50-37(77)33(73)28(68)18(7-57)83-50/h12-13,16-52,55-60,63-79H,5-11H2,1-4H3,(H,53,61)(H,54,62)/t12-,13-,16-,17+,18+,19+,20+,21+,22+,23+,24+,25+,26+,27+,28-,29-,30-,31+,32+,33-,34-,35-,36-,37+,38+,39+,40+,41+,42+,43+,44+,45-,46+,47-,48-,49-,50-,51-,52-/m0/s1. The maximum absolute atomic E-state index is 13.3. The Labute approximate surface area is 528 Å². The van der Waals surface area contributed by atoms with E-state index in [9.17, 15) is 127 Å². The van der Waals surface area contributed by atoms with E-state index in [-0.39, 0.29) is 0 Å². The van der Waals surface area contributed by atoms with Gasteiger partial charge in [0, 0.05) is 13.8 Å². The fourth-order valence-corrected chi connectivity index (χ4v) is 11.7. The van der Waals surface area contributed by atoms with Gasteiger partial charge in [0.15, 0.2) is 44.0 Å². The molecule has 7 heterocycles. The molecule has 2 amide bonds. The van der Waals surface area contributed by atoms with Gasteiger partial charge in [0.25, 0.3) is 0 Å². The normalized spacial score (nSPS) is 48.1. The van der Waals surface area contributed by atoms with Crippen molar-refractivity contribution in [2.75, 3.05) is 46.2 Å². The number of aliphatic hydroxyl groups excluding tert-OH is 23. The predicted molar refractivity (Wildman–Crippen MR) is 287 cm³/mol. The lowest BCUT2D eigenvalue weighted by molar-refractivity contribution is -0.391. The molecule has 39 atom stereocenters. The van der Waals surface area contributed by atoms with Gasteiger partial charge in [-0.15, -0.1) is 0 Å². The van der Waals surface area contributed by atoms with Crippen LogP contribution in [-0.4, -0.2) is 415 Å². The van der Waals surface area contributed by atoms with Gasteiger partial charge in [-0.3, -0.25) is 9.59 Å². The average Bonchev–Trinajstić information content (AvgIpc) is 0.778. The molecule has 7 rings (SSSR count). The number of carbonyl (C=O) groups excluding carboxylic acids is 2. The summed E-state index contributed by atoms with van der Waals surface area (Å²) < 4.78 is 83.4. The van der Waals surface area contributed by atoms with E-state index in [0.717, 1.165) is 13.8 Å². The van der Waals surface area contributed by atoms with Crippen LogP contribution in [0, 0.1) is 0 Å². The third-order valence-electron chi connectivity index (χ3n) is 17.0. The first-order chi connectivity index (χ1) is 43.9. The summed E-state index contributed by atoms with van der Waals surface area (Å²) in [5.41, 5.74) is 0. The Kier molecular flexibility index (Phi) is 28.5. The van der Waals surface area contributed by atoms with Crippen molar-refractivity contribution < 1.29 is 193 Å². The molecule has 0 spiro atoms. The minimum Gasteiger partial charge on any atom is -0.394 e. The highest BCUT2D eigenvalue weighted by Crippen LogP contribution is 2.39. The van der Waals surface area contributed by atoms with Crippen molar-refractivity contribution >= 4 is 11.8 Å². The Balaban J connectivity index is 1.29. The fourth-order valence-electron chi connectivity index (χ4n) is 11.7. The van der Waals surface area contributed by atoms with Gasteiger partial charge < -0.3 is 194 Å². The van der Waals surface area contributed by atoms with E-state index in [1.807, 2.05) is 0 Å². The largest absolute Gasteiger partial charge is 0.394 e. The Bertz CT molecular complexity index is 2290.